The van der Waals surface area contributed by atoms with Gasteiger partial charge in [0.1, 0.15) is 11.8 Å². The minimum atomic E-state index is -0.330. The minimum Gasteiger partial charge on any atom is -0.391 e. The molecule has 2 rings (SSSR count). The molecule has 0 radical (unpaired) electrons. The van der Waals surface area contributed by atoms with Crippen molar-refractivity contribution in [3.63, 3.8) is 0 Å². The van der Waals surface area contributed by atoms with Crippen LogP contribution < -0.4 is 5.32 Å². The minimum absolute atomic E-state index is 0.330. The average Bonchev–Trinajstić information content (AvgIpc) is 2.75. The van der Waals surface area contributed by atoms with E-state index in [-0.39, 0.29) is 6.10 Å². The van der Waals surface area contributed by atoms with Gasteiger partial charge < -0.3 is 15.4 Å². The third-order valence-electron chi connectivity index (χ3n) is 2.55. The first-order valence-corrected chi connectivity index (χ1v) is 7.33. The first kappa shape index (κ1) is 13.6. The maximum Gasteiger partial charge on any atom is 0.156 e. The molecule has 98 valence electrons. The van der Waals surface area contributed by atoms with E-state index in [1.165, 1.54) is 6.33 Å². The number of halogens is 1. The fraction of sp³-hybridized carbons (Fsp3) is 0.455. The second kappa shape index (κ2) is 6.38. The molecule has 0 aromatic carbocycles. The highest BCUT2D eigenvalue weighted by molar-refractivity contribution is 7.98. The number of nitrogens with zero attached hydrogens (tertiary/aromatic N) is 2. The zero-order valence-electron chi connectivity index (χ0n) is 9.98. The molecule has 0 spiro atoms. The molecule has 2 aromatic heterocycles. The summed E-state index contributed by atoms with van der Waals surface area (Å²) in [5.41, 5.74) is 2.59. The first-order chi connectivity index (χ1) is 8.72. The van der Waals surface area contributed by atoms with Crippen LogP contribution >= 0.6 is 23.4 Å². The van der Waals surface area contributed by atoms with Gasteiger partial charge in [-0.3, -0.25) is 0 Å². The Balaban J connectivity index is 1.98. The quantitative estimate of drug-likeness (QED) is 0.701. The summed E-state index contributed by atoms with van der Waals surface area (Å²) in [7, 11) is 0. The molecule has 3 N–H and O–H groups in total. The van der Waals surface area contributed by atoms with Gasteiger partial charge in [-0.15, -0.1) is 0 Å². The summed E-state index contributed by atoms with van der Waals surface area (Å²) in [6.07, 6.45) is 4.95. The maximum atomic E-state index is 9.60. The number of aromatic nitrogens is 3. The zero-order valence-corrected chi connectivity index (χ0v) is 11.6. The molecule has 0 aliphatic rings. The number of fused-ring (bicyclic) bond motifs is 1. The smallest absolute Gasteiger partial charge is 0.156 e. The van der Waals surface area contributed by atoms with Gasteiger partial charge in [-0.05, 0) is 6.26 Å². The SMILES string of the molecule is CSCC(O)CNCc1c[nH]c2c(Cl)ncnc12. The molecule has 0 amide bonds. The average molecular weight is 287 g/mol. The molecule has 2 aromatic rings. The van der Waals surface area contributed by atoms with Crippen molar-refractivity contribution in [3.8, 4) is 0 Å². The van der Waals surface area contributed by atoms with Crippen LogP contribution in [0.2, 0.25) is 5.15 Å². The van der Waals surface area contributed by atoms with Crippen LogP contribution in [0.1, 0.15) is 5.56 Å². The number of hydrogen-bond acceptors (Lipinski definition) is 5. The Hall–Kier alpha value is -0.820. The van der Waals surface area contributed by atoms with E-state index in [2.05, 4.69) is 20.3 Å². The third kappa shape index (κ3) is 3.14. The Labute approximate surface area is 114 Å². The Bertz CT molecular complexity index is 519. The monoisotopic (exact) mass is 286 g/mol. The molecular weight excluding hydrogens is 272 g/mol. The maximum absolute atomic E-state index is 9.60. The lowest BCUT2D eigenvalue weighted by molar-refractivity contribution is 0.195. The van der Waals surface area contributed by atoms with Gasteiger partial charge in [0.15, 0.2) is 5.15 Å². The van der Waals surface area contributed by atoms with Crippen molar-refractivity contribution in [2.45, 2.75) is 12.6 Å². The molecule has 0 aliphatic heterocycles. The Morgan fingerprint density at radius 3 is 3.17 bits per heavy atom. The van der Waals surface area contributed by atoms with Crippen molar-refractivity contribution >= 4 is 34.4 Å². The van der Waals surface area contributed by atoms with Gasteiger partial charge in [-0.25, -0.2) is 9.97 Å². The molecule has 18 heavy (non-hydrogen) atoms. The normalized spacial score (nSPS) is 13.1. The number of thioether (sulfide) groups is 1. The van der Waals surface area contributed by atoms with Gasteiger partial charge in [0.05, 0.1) is 11.6 Å². The Morgan fingerprint density at radius 1 is 1.56 bits per heavy atom. The number of hydrogen-bond donors (Lipinski definition) is 3. The summed E-state index contributed by atoms with van der Waals surface area (Å²) in [5, 5.41) is 13.2. The van der Waals surface area contributed by atoms with Crippen LogP contribution in [0.5, 0.6) is 0 Å². The zero-order chi connectivity index (χ0) is 13.0. The molecule has 0 saturated heterocycles. The van der Waals surface area contributed by atoms with E-state index < -0.39 is 0 Å². The molecular formula is C11H15ClN4OS. The standard InChI is InChI=1S/C11H15ClN4OS/c1-18-5-8(17)4-13-2-7-3-14-10-9(7)15-6-16-11(10)12/h3,6,8,13-14,17H,2,4-5H2,1H3. The second-order valence-electron chi connectivity index (χ2n) is 3.94. The predicted octanol–water partition coefficient (Wildman–Crippen LogP) is 1.42. The van der Waals surface area contributed by atoms with Crippen LogP contribution in [0, 0.1) is 0 Å². The molecule has 0 aliphatic carbocycles. The van der Waals surface area contributed by atoms with Crippen LogP contribution in [0.3, 0.4) is 0 Å². The lowest BCUT2D eigenvalue weighted by Gasteiger charge is -2.09. The number of aliphatic hydroxyl groups excluding tert-OH is 1. The van der Waals surface area contributed by atoms with Crippen LogP contribution in [-0.4, -0.2) is 44.7 Å². The first-order valence-electron chi connectivity index (χ1n) is 5.56. The van der Waals surface area contributed by atoms with E-state index in [0.29, 0.717) is 18.2 Å². The van der Waals surface area contributed by atoms with Crippen LogP contribution in [-0.2, 0) is 6.54 Å². The highest BCUT2D eigenvalue weighted by atomic mass is 35.5. The van der Waals surface area contributed by atoms with Crippen molar-refractivity contribution in [2.24, 2.45) is 0 Å². The van der Waals surface area contributed by atoms with Gasteiger partial charge in [0.25, 0.3) is 0 Å². The highest BCUT2D eigenvalue weighted by Crippen LogP contribution is 2.20. The summed E-state index contributed by atoms with van der Waals surface area (Å²) >= 11 is 7.58. The Morgan fingerprint density at radius 2 is 2.39 bits per heavy atom. The molecule has 0 bridgehead atoms. The lowest BCUT2D eigenvalue weighted by Crippen LogP contribution is -2.28. The second-order valence-corrected chi connectivity index (χ2v) is 5.21. The van der Waals surface area contributed by atoms with Crippen LogP contribution in [0.15, 0.2) is 12.5 Å². The van der Waals surface area contributed by atoms with Gasteiger partial charge in [0.2, 0.25) is 0 Å². The van der Waals surface area contributed by atoms with Gasteiger partial charge in [-0.2, -0.15) is 11.8 Å². The van der Waals surface area contributed by atoms with E-state index >= 15 is 0 Å². The third-order valence-corrected chi connectivity index (χ3v) is 3.56. The van der Waals surface area contributed by atoms with E-state index in [1.54, 1.807) is 11.8 Å². The number of aliphatic hydroxyl groups is 1. The molecule has 5 nitrogen and oxygen atoms in total. The van der Waals surface area contributed by atoms with Crippen molar-refractivity contribution < 1.29 is 5.11 Å². The van der Waals surface area contributed by atoms with Crippen molar-refractivity contribution in [1.29, 1.82) is 0 Å². The molecule has 1 unspecified atom stereocenters. The van der Waals surface area contributed by atoms with Crippen molar-refractivity contribution in [3.05, 3.63) is 23.2 Å². The van der Waals surface area contributed by atoms with Gasteiger partial charge >= 0.3 is 0 Å². The lowest BCUT2D eigenvalue weighted by atomic mass is 10.3. The topological polar surface area (TPSA) is 73.8 Å². The number of aromatic amines is 1. The number of rotatable bonds is 6. The summed E-state index contributed by atoms with van der Waals surface area (Å²) in [6.45, 7) is 1.20. The summed E-state index contributed by atoms with van der Waals surface area (Å²) in [6, 6.07) is 0. The summed E-state index contributed by atoms with van der Waals surface area (Å²) in [5.74, 6) is 0.731. The highest BCUT2D eigenvalue weighted by Gasteiger charge is 2.09. The molecule has 7 heteroatoms. The largest absolute Gasteiger partial charge is 0.391 e. The molecule has 0 saturated carbocycles. The summed E-state index contributed by atoms with van der Waals surface area (Å²) in [4.78, 5) is 11.2. The van der Waals surface area contributed by atoms with E-state index in [9.17, 15) is 5.11 Å². The van der Waals surface area contributed by atoms with Crippen LogP contribution in [0.4, 0.5) is 0 Å². The molecule has 0 fully saturated rings. The van der Waals surface area contributed by atoms with Crippen molar-refractivity contribution in [2.75, 3.05) is 18.6 Å². The van der Waals surface area contributed by atoms with Gasteiger partial charge in [0, 0.05) is 30.6 Å². The van der Waals surface area contributed by atoms with Crippen molar-refractivity contribution in [1.82, 2.24) is 20.3 Å². The predicted molar refractivity (Wildman–Crippen MR) is 75.0 cm³/mol. The Kier molecular flexibility index (Phi) is 4.82. The van der Waals surface area contributed by atoms with Gasteiger partial charge in [-0.1, -0.05) is 11.6 Å². The number of H-pyrrole nitrogens is 1. The van der Waals surface area contributed by atoms with E-state index in [1.807, 2.05) is 12.5 Å². The number of nitrogens with one attached hydrogen (secondary N) is 2. The molecule has 1 atom stereocenters. The fourth-order valence-corrected chi connectivity index (χ4v) is 2.41. The van der Waals surface area contributed by atoms with Crippen LogP contribution in [0.25, 0.3) is 11.0 Å². The fourth-order valence-electron chi connectivity index (χ4n) is 1.72. The van der Waals surface area contributed by atoms with E-state index in [0.717, 1.165) is 22.3 Å². The van der Waals surface area contributed by atoms with E-state index in [4.69, 9.17) is 11.6 Å². The summed E-state index contributed by atoms with van der Waals surface area (Å²) < 4.78 is 0. The molecule has 2 heterocycles.